The van der Waals surface area contributed by atoms with Gasteiger partial charge in [0.25, 0.3) is 29.5 Å². The van der Waals surface area contributed by atoms with Crippen LogP contribution in [0, 0.1) is 112 Å². The Hall–Kier alpha value is -11.8. The van der Waals surface area contributed by atoms with Gasteiger partial charge in [-0.25, -0.2) is 14.4 Å². The molecule has 41 heteroatoms. The molecule has 21 amide bonds. The summed E-state index contributed by atoms with van der Waals surface area (Å²) in [5, 5.41) is 39.8. The summed E-state index contributed by atoms with van der Waals surface area (Å²) >= 11 is 0. The number of nitrogens with two attached hydrogens (primary N) is 2. The molecule has 0 bridgehead atoms. The van der Waals surface area contributed by atoms with Crippen molar-refractivity contribution in [3.05, 3.63) is 47.4 Å². The van der Waals surface area contributed by atoms with Crippen LogP contribution < -0.4 is 69.4 Å². The normalized spacial score (nSPS) is 25.0. The van der Waals surface area contributed by atoms with Gasteiger partial charge in [0.1, 0.15) is 41.8 Å². The standard InChI is InChI=1S/C37H53N7O8.C36H58N6O7.C35H56N6O7/c1-11-13-23(27(45)30(47)38-15-12-2)39-29(46)26-25-22(37(25,9)10)18-43(26)33(50)28(36(6,7)8)41-34(51)40-24(35(3,4)5)19-44-31(48)20-14-16-42(52)17-21(20)32(44)49;1-33(2,3)22(18-41-23(43)15-35(7,8)16-24(41)44)39-32(49)40-28(34(4,5)6)31(48)42-17-20-25(36(20,9)10)26(42)30(47)38-21(27(45)29(37)46)14-19-12-11-13-19;1-32(2,3)21(17-40-22(42)14-34(7,8)15-23(40)43)38-31(48)39-27(33(4,5)6)30(47)41-16-19-24(35(19,9)10)25(41)29(46)37-20(13-18-11-12-18)26(44)28(36)45/h12,14,16-17,22-26,28H,2,11,13,15,18-19H2,1,3-10H3,(H,38,47)(H,39,46)(H2,40,41,51);19-22,25-26,28H,11-18H2,1-10H3,(H2,37,46)(H,38,47)(H2,39,40,49);18-21,24-25,27H,11-17H2,1-10H3,(H2,36,45)(H,37,46)(H2,38,39,48)/t22-,23?,24+,25-,26-,28+;20-,21?,22+,25-,26-,28+;19-,20?,21+,24-,25-,27+/m000/s1. The summed E-state index contributed by atoms with van der Waals surface area (Å²) in [6, 6.07) is -11.8. The maximum Gasteiger partial charge on any atom is 0.315 e. The number of carbonyl (C=O) groups is 21. The number of carbonyl (C=O) groups excluding carboxylic acids is 21. The third-order valence-electron chi connectivity index (χ3n) is 32.9. The number of nitrogens with zero attached hydrogens (tertiary/aromatic N) is 7. The first-order chi connectivity index (χ1) is 68.2. The molecule has 1 aromatic heterocycles. The summed E-state index contributed by atoms with van der Waals surface area (Å²) < 4.78 is 0.441. The average molecular weight is 2080 g/mol. The van der Waals surface area contributed by atoms with Gasteiger partial charge in [-0.1, -0.05) is 245 Å². The molecule has 0 spiro atoms. The molecular formula is C108H167N19O22. The highest BCUT2D eigenvalue weighted by Crippen LogP contribution is 2.67. The van der Waals surface area contributed by atoms with E-state index in [-0.39, 0.29) is 163 Å². The van der Waals surface area contributed by atoms with Crippen LogP contribution in [0.3, 0.4) is 0 Å². The number of nitrogens with one attached hydrogen (secondary N) is 10. The summed E-state index contributed by atoms with van der Waals surface area (Å²) in [5.74, 6) is -10.8. The molecule has 7 heterocycles. The number of pyridine rings is 1. The first-order valence-electron chi connectivity index (χ1n) is 52.6. The van der Waals surface area contributed by atoms with Crippen molar-refractivity contribution in [3.63, 3.8) is 0 Å². The van der Waals surface area contributed by atoms with Crippen molar-refractivity contribution in [1.29, 1.82) is 0 Å². The molecule has 41 nitrogen and oxygen atoms in total. The fourth-order valence-electron chi connectivity index (χ4n) is 22.5. The van der Waals surface area contributed by atoms with E-state index in [2.05, 4.69) is 59.7 Å². The molecule has 3 unspecified atom stereocenters. The SMILES string of the molecule is C=CCNC(=O)C(=O)C(CCC)NC(=O)[C@@H]1[C@@H]2[C@H](CN1C(=O)[C@@H](NC(=O)N[C@H](CN1C(=O)c3cc[n+]([O-])cc3C1=O)C(C)(C)C)C(C)(C)C)C2(C)C.CC1(C)CC(=O)N(C[C@@H](NC(=O)N[C@H](C(=O)N2C[C@H]3[C@@H]([C@H]2C(=O)NC(CC2CC2)C(=O)C(N)=O)C3(C)C)C(C)(C)C)C(C)(C)C)C(=O)C1.CC1(C)CC(=O)N(C[C@@H](NC(=O)N[C@H](C(=O)N2C[C@H]3[C@@H]([C@H]2C(=O)NC(CC2CCC2)C(=O)C(N)=O)C3(C)C)C(C)(C)C)C(C)(C)C)C(=O)C1. The number of primary amides is 2. The van der Waals surface area contributed by atoms with E-state index in [1.165, 1.54) is 36.6 Å². The quantitative estimate of drug-likeness (QED) is 0.0117. The number of hydrogen-bond acceptors (Lipinski definition) is 22. The van der Waals surface area contributed by atoms with Crippen molar-refractivity contribution in [2.75, 3.05) is 45.8 Å². The molecule has 12 rings (SSSR count). The molecule has 10 fully saturated rings. The van der Waals surface area contributed by atoms with E-state index >= 15 is 0 Å². The zero-order chi connectivity index (χ0) is 112. The Morgan fingerprint density at radius 2 is 0.725 bits per heavy atom. The second-order valence-corrected chi connectivity index (χ2v) is 53.4. The number of fused-ring (bicyclic) bond motifs is 4. The van der Waals surface area contributed by atoms with Crippen molar-refractivity contribution in [2.45, 2.75) is 357 Å². The molecule has 1 aromatic rings. The lowest BCUT2D eigenvalue weighted by atomic mass is 9.80. The predicted octanol–water partition coefficient (Wildman–Crippen LogP) is 6.30. The van der Waals surface area contributed by atoms with Crippen LogP contribution >= 0.6 is 0 Å². The van der Waals surface area contributed by atoms with Gasteiger partial charge < -0.3 is 84.5 Å². The molecule has 5 saturated heterocycles. The second kappa shape index (κ2) is 43.9. The summed E-state index contributed by atoms with van der Waals surface area (Å²) in [7, 11) is 0. The largest absolute Gasteiger partial charge is 0.619 e. The zero-order valence-corrected chi connectivity index (χ0v) is 93.0. The molecular weight excluding hydrogens is 1920 g/mol. The van der Waals surface area contributed by atoms with Crippen molar-refractivity contribution in [2.24, 2.45) is 118 Å². The number of hydrogen-bond donors (Lipinski definition) is 12. The monoisotopic (exact) mass is 2080 g/mol. The van der Waals surface area contributed by atoms with E-state index in [1.807, 2.05) is 180 Å². The third kappa shape index (κ3) is 27.4. The summed E-state index contributed by atoms with van der Waals surface area (Å²) in [6.45, 7) is 59.0. The smallest absolute Gasteiger partial charge is 0.315 e. The average Bonchev–Trinajstić information content (AvgIpc) is 1.53. The first kappa shape index (κ1) is 119. The minimum atomic E-state index is -1.11. The van der Waals surface area contributed by atoms with Gasteiger partial charge in [-0.05, 0) is 126 Å². The molecule has 0 radical (unpaired) electrons. The lowest BCUT2D eigenvalue weighted by Gasteiger charge is -2.41. The fourth-order valence-corrected chi connectivity index (χ4v) is 22.5. The van der Waals surface area contributed by atoms with Crippen LogP contribution in [0.15, 0.2) is 31.1 Å². The summed E-state index contributed by atoms with van der Waals surface area (Å²) in [5.41, 5.74) is 5.08. The molecule has 5 saturated carbocycles. The Morgan fingerprint density at radius 3 is 1.00 bits per heavy atom. The van der Waals surface area contributed by atoms with Crippen molar-refractivity contribution < 1.29 is 105 Å². The first-order valence-corrected chi connectivity index (χ1v) is 52.6. The fraction of sp³-hybridized carbons (Fsp3) is 0.741. The molecule has 5 aliphatic carbocycles. The van der Waals surface area contributed by atoms with Gasteiger partial charge in [0, 0.05) is 71.0 Å². The van der Waals surface area contributed by atoms with Gasteiger partial charge in [-0.15, -0.1) is 6.58 Å². The van der Waals surface area contributed by atoms with Gasteiger partial charge in [-0.3, -0.25) is 101 Å². The Bertz CT molecular complexity index is 5420. The molecule has 14 N–H and O–H groups in total. The molecule has 11 aliphatic rings. The zero-order valence-electron chi connectivity index (χ0n) is 93.0. The van der Waals surface area contributed by atoms with Crippen LogP contribution in [0.25, 0.3) is 0 Å². The van der Waals surface area contributed by atoms with Gasteiger partial charge in [-0.2, -0.15) is 4.73 Å². The predicted molar refractivity (Wildman–Crippen MR) is 550 cm³/mol. The minimum Gasteiger partial charge on any atom is -0.619 e. The van der Waals surface area contributed by atoms with E-state index < -0.39 is 216 Å². The van der Waals surface area contributed by atoms with Crippen molar-refractivity contribution in [3.8, 4) is 0 Å². The summed E-state index contributed by atoms with van der Waals surface area (Å²) in [6.07, 6.45) is 10.6. The van der Waals surface area contributed by atoms with E-state index in [9.17, 15) is 106 Å². The Balaban J connectivity index is 0.000000229. The third-order valence-corrected chi connectivity index (χ3v) is 32.9. The lowest BCUT2D eigenvalue weighted by Crippen LogP contribution is -2.63. The van der Waals surface area contributed by atoms with Gasteiger partial charge in [0.2, 0.25) is 76.4 Å². The minimum absolute atomic E-state index is 0.00232. The molecule has 149 heavy (non-hydrogen) atoms. The molecule has 826 valence electrons. The lowest BCUT2D eigenvalue weighted by molar-refractivity contribution is -0.605. The Labute approximate surface area is 876 Å². The van der Waals surface area contributed by atoms with Crippen molar-refractivity contribution in [1.82, 2.24) is 82.6 Å². The van der Waals surface area contributed by atoms with E-state index in [0.717, 1.165) is 49.4 Å². The topological polar surface area (TPSA) is 577 Å². The van der Waals surface area contributed by atoms with E-state index in [1.54, 1.807) is 20.8 Å². The second-order valence-electron chi connectivity index (χ2n) is 53.4. The highest BCUT2D eigenvalue weighted by Gasteiger charge is 2.73. The number of rotatable bonds is 35. The Morgan fingerprint density at radius 1 is 0.423 bits per heavy atom. The number of Topliss-reactive ketones (excluding diaryl/α,β-unsaturated/α-hetero) is 3. The van der Waals surface area contributed by atoms with E-state index in [0.29, 0.717) is 37.1 Å². The van der Waals surface area contributed by atoms with E-state index in [4.69, 9.17) is 11.5 Å². The van der Waals surface area contributed by atoms with Crippen LogP contribution in [0.5, 0.6) is 0 Å². The maximum atomic E-state index is 14.4. The van der Waals surface area contributed by atoms with Crippen LogP contribution in [0.1, 0.15) is 305 Å². The van der Waals surface area contributed by atoms with Crippen LogP contribution in [-0.2, 0) is 76.7 Å². The molecule has 0 aromatic carbocycles. The van der Waals surface area contributed by atoms with Crippen LogP contribution in [0.4, 0.5) is 14.4 Å². The van der Waals surface area contributed by atoms with Gasteiger partial charge in [0.05, 0.1) is 48.4 Å². The number of ketones is 3. The van der Waals surface area contributed by atoms with Gasteiger partial charge in [0.15, 0.2) is 12.4 Å². The van der Waals surface area contributed by atoms with Crippen LogP contribution in [-0.4, -0.2) is 272 Å². The maximum absolute atomic E-state index is 14.4. The number of urea groups is 3. The van der Waals surface area contributed by atoms with Gasteiger partial charge >= 0.3 is 18.1 Å². The Kier molecular flexibility index (Phi) is 35.0. The number of likely N-dealkylation sites (tertiary alicyclic amines) is 5. The van der Waals surface area contributed by atoms with Crippen LogP contribution in [0.2, 0.25) is 0 Å². The number of amides is 21. The number of aromatic nitrogens is 1. The summed E-state index contributed by atoms with van der Waals surface area (Å²) in [4.78, 5) is 286. The highest BCUT2D eigenvalue weighted by molar-refractivity contribution is 6.39. The molecule has 18 atom stereocenters. The number of piperidine rings is 5. The highest BCUT2D eigenvalue weighted by atomic mass is 16.5. The number of imide groups is 3. The van der Waals surface area contributed by atoms with Crippen molar-refractivity contribution >= 4 is 124 Å². The molecule has 6 aliphatic heterocycles.